The van der Waals surface area contributed by atoms with E-state index in [1.165, 1.54) is 0 Å². The van der Waals surface area contributed by atoms with Crippen LogP contribution in [0, 0.1) is 5.92 Å². The van der Waals surface area contributed by atoms with Crippen LogP contribution >= 0.6 is 23.4 Å². The monoisotopic (exact) mass is 307 g/mol. The Morgan fingerprint density at radius 2 is 2.15 bits per heavy atom. The topological polar surface area (TPSA) is 37.8 Å². The van der Waals surface area contributed by atoms with Crippen molar-refractivity contribution in [3.63, 3.8) is 0 Å². The highest BCUT2D eigenvalue weighted by Crippen LogP contribution is 2.29. The summed E-state index contributed by atoms with van der Waals surface area (Å²) in [4.78, 5) is 9.18. The molecule has 0 aliphatic heterocycles. The van der Waals surface area contributed by atoms with E-state index < -0.39 is 0 Å². The lowest BCUT2D eigenvalue weighted by molar-refractivity contribution is 0.552. The van der Waals surface area contributed by atoms with Gasteiger partial charge in [0.2, 0.25) is 0 Å². The molecule has 0 bridgehead atoms. The average molecular weight is 308 g/mol. The number of halogens is 1. The Kier molecular flexibility index (Phi) is 5.83. The summed E-state index contributed by atoms with van der Waals surface area (Å²) in [5, 5.41) is 5.11. The van der Waals surface area contributed by atoms with Crippen molar-refractivity contribution >= 4 is 23.4 Å². The Morgan fingerprint density at radius 1 is 1.30 bits per heavy atom. The average Bonchev–Trinajstić information content (AvgIpc) is 2.42. The van der Waals surface area contributed by atoms with Crippen molar-refractivity contribution in [1.29, 1.82) is 0 Å². The van der Waals surface area contributed by atoms with Crippen LogP contribution in [0.5, 0.6) is 0 Å². The molecule has 106 valence electrons. The molecule has 0 atom stereocenters. The van der Waals surface area contributed by atoms with Crippen LogP contribution in [-0.4, -0.2) is 16.5 Å². The second-order valence-electron chi connectivity index (χ2n) is 4.93. The molecule has 0 saturated heterocycles. The molecule has 0 unspecified atom stereocenters. The Hall–Kier alpha value is -1.10. The summed E-state index contributed by atoms with van der Waals surface area (Å²) < 4.78 is 0. The molecule has 20 heavy (non-hydrogen) atoms. The fourth-order valence-electron chi connectivity index (χ4n) is 1.69. The third-order valence-corrected chi connectivity index (χ3v) is 3.96. The van der Waals surface area contributed by atoms with Crippen LogP contribution in [0.4, 0.5) is 0 Å². The third kappa shape index (κ3) is 4.78. The van der Waals surface area contributed by atoms with Gasteiger partial charge < -0.3 is 5.32 Å². The van der Waals surface area contributed by atoms with E-state index >= 15 is 0 Å². The zero-order valence-corrected chi connectivity index (χ0v) is 13.2. The summed E-state index contributed by atoms with van der Waals surface area (Å²) in [5.74, 6) is 0.640. The van der Waals surface area contributed by atoms with E-state index in [-0.39, 0.29) is 0 Å². The highest BCUT2D eigenvalue weighted by atomic mass is 35.5. The Labute approximate surface area is 129 Å². The molecular weight excluding hydrogens is 290 g/mol. The molecule has 0 aliphatic carbocycles. The summed E-state index contributed by atoms with van der Waals surface area (Å²) in [7, 11) is 0. The molecule has 0 fully saturated rings. The largest absolute Gasteiger partial charge is 0.312 e. The first kappa shape index (κ1) is 15.3. The van der Waals surface area contributed by atoms with Crippen molar-refractivity contribution in [2.75, 3.05) is 6.54 Å². The summed E-state index contributed by atoms with van der Waals surface area (Å²) in [6.07, 6.45) is 3.29. The van der Waals surface area contributed by atoms with Gasteiger partial charge in [-0.2, -0.15) is 0 Å². The predicted molar refractivity (Wildman–Crippen MR) is 84.2 cm³/mol. The number of rotatable bonds is 6. The minimum atomic E-state index is 0.640. The smallest absolute Gasteiger partial charge is 0.116 e. The van der Waals surface area contributed by atoms with Gasteiger partial charge in [0.25, 0.3) is 0 Å². The quantitative estimate of drug-likeness (QED) is 0.818. The van der Waals surface area contributed by atoms with Crippen LogP contribution < -0.4 is 5.32 Å². The van der Waals surface area contributed by atoms with Gasteiger partial charge >= 0.3 is 0 Å². The maximum Gasteiger partial charge on any atom is 0.116 e. The fourth-order valence-corrected chi connectivity index (χ4v) is 2.79. The molecule has 0 radical (unpaired) electrons. The van der Waals surface area contributed by atoms with Gasteiger partial charge in [-0.05, 0) is 36.2 Å². The molecule has 3 nitrogen and oxygen atoms in total. The van der Waals surface area contributed by atoms with E-state index in [0.29, 0.717) is 5.92 Å². The van der Waals surface area contributed by atoms with Crippen molar-refractivity contribution in [3.8, 4) is 0 Å². The summed E-state index contributed by atoms with van der Waals surface area (Å²) in [6.45, 7) is 6.18. The van der Waals surface area contributed by atoms with Crippen molar-refractivity contribution in [3.05, 3.63) is 47.4 Å². The lowest BCUT2D eigenvalue weighted by Gasteiger charge is -2.10. The molecular formula is C15H18ClN3S. The summed E-state index contributed by atoms with van der Waals surface area (Å²) >= 11 is 7.91. The lowest BCUT2D eigenvalue weighted by Crippen LogP contribution is -2.19. The minimum Gasteiger partial charge on any atom is -0.312 e. The van der Waals surface area contributed by atoms with E-state index in [2.05, 4.69) is 41.3 Å². The van der Waals surface area contributed by atoms with Crippen LogP contribution in [-0.2, 0) is 6.54 Å². The zero-order valence-electron chi connectivity index (χ0n) is 11.6. The molecule has 0 spiro atoms. The molecule has 0 aliphatic rings. The van der Waals surface area contributed by atoms with Crippen LogP contribution in [0.3, 0.4) is 0 Å². The maximum absolute atomic E-state index is 6.32. The Balaban J connectivity index is 1.98. The van der Waals surface area contributed by atoms with Crippen LogP contribution in [0.1, 0.15) is 19.4 Å². The van der Waals surface area contributed by atoms with Crippen LogP contribution in [0.25, 0.3) is 0 Å². The molecule has 0 amide bonds. The Bertz CT molecular complexity index is 546. The molecule has 1 aromatic carbocycles. The van der Waals surface area contributed by atoms with Crippen molar-refractivity contribution in [2.45, 2.75) is 30.3 Å². The molecule has 1 aromatic heterocycles. The third-order valence-electron chi connectivity index (χ3n) is 2.67. The first-order valence-electron chi connectivity index (χ1n) is 6.58. The first-order chi connectivity index (χ1) is 9.65. The van der Waals surface area contributed by atoms with Crippen LogP contribution in [0.2, 0.25) is 5.02 Å². The van der Waals surface area contributed by atoms with Gasteiger partial charge in [-0.25, -0.2) is 9.97 Å². The van der Waals surface area contributed by atoms with E-state index in [1.807, 2.05) is 12.1 Å². The predicted octanol–water partition coefficient (Wildman–Crippen LogP) is 4.03. The van der Waals surface area contributed by atoms with Gasteiger partial charge in [0, 0.05) is 22.7 Å². The molecule has 2 aromatic rings. The summed E-state index contributed by atoms with van der Waals surface area (Å²) in [6, 6.07) is 8.02. The van der Waals surface area contributed by atoms with Crippen LogP contribution in [0.15, 0.2) is 46.7 Å². The molecule has 1 N–H and O–H groups in total. The second kappa shape index (κ2) is 7.62. The number of nitrogens with one attached hydrogen (secondary N) is 1. The standard InChI is InChI=1S/C15H18ClN3S/c1-11(2)8-18-9-12-3-4-13(7-14(12)16)20-15-5-6-17-10-19-15/h3-7,10-11,18H,8-9H2,1-2H3. The van der Waals surface area contributed by atoms with Gasteiger partial charge in [-0.15, -0.1) is 0 Å². The Morgan fingerprint density at radius 3 is 2.80 bits per heavy atom. The van der Waals surface area contributed by atoms with Gasteiger partial charge in [0.15, 0.2) is 0 Å². The number of aromatic nitrogens is 2. The molecule has 2 rings (SSSR count). The van der Waals surface area contributed by atoms with E-state index in [1.54, 1.807) is 24.3 Å². The SMILES string of the molecule is CC(C)CNCc1ccc(Sc2ccncn2)cc1Cl. The number of nitrogens with zero attached hydrogens (tertiary/aromatic N) is 2. The van der Waals surface area contributed by atoms with Gasteiger partial charge in [0.05, 0.1) is 0 Å². The molecule has 0 saturated carbocycles. The van der Waals surface area contributed by atoms with Crippen molar-refractivity contribution < 1.29 is 0 Å². The van der Waals surface area contributed by atoms with Gasteiger partial charge in [-0.1, -0.05) is 43.3 Å². The summed E-state index contributed by atoms with van der Waals surface area (Å²) in [5.41, 5.74) is 1.12. The zero-order chi connectivity index (χ0) is 14.4. The van der Waals surface area contributed by atoms with E-state index in [9.17, 15) is 0 Å². The highest BCUT2D eigenvalue weighted by molar-refractivity contribution is 7.99. The fraction of sp³-hybridized carbons (Fsp3) is 0.333. The second-order valence-corrected chi connectivity index (χ2v) is 6.43. The molecule has 5 heteroatoms. The lowest BCUT2D eigenvalue weighted by atomic mass is 10.2. The first-order valence-corrected chi connectivity index (χ1v) is 7.77. The minimum absolute atomic E-state index is 0.640. The number of benzene rings is 1. The van der Waals surface area contributed by atoms with E-state index in [0.717, 1.165) is 33.6 Å². The van der Waals surface area contributed by atoms with Gasteiger partial charge in [-0.3, -0.25) is 0 Å². The van der Waals surface area contributed by atoms with Gasteiger partial charge in [0.1, 0.15) is 11.4 Å². The molecule has 1 heterocycles. The van der Waals surface area contributed by atoms with Crippen molar-refractivity contribution in [1.82, 2.24) is 15.3 Å². The van der Waals surface area contributed by atoms with E-state index in [4.69, 9.17) is 11.6 Å². The normalized spacial score (nSPS) is 11.0. The maximum atomic E-state index is 6.32. The number of hydrogen-bond donors (Lipinski definition) is 1. The van der Waals surface area contributed by atoms with Crippen molar-refractivity contribution in [2.24, 2.45) is 5.92 Å². The highest BCUT2D eigenvalue weighted by Gasteiger charge is 2.04. The number of hydrogen-bond acceptors (Lipinski definition) is 4.